The number of fused-ring (bicyclic) bond motifs is 1. The van der Waals surface area contributed by atoms with Gasteiger partial charge in [0.05, 0.1) is 10.8 Å². The van der Waals surface area contributed by atoms with Crippen LogP contribution >= 0.6 is 0 Å². The van der Waals surface area contributed by atoms with Crippen LogP contribution in [0, 0.1) is 0 Å². The number of benzene rings is 2. The second-order valence-electron chi connectivity index (χ2n) is 7.20. The van der Waals surface area contributed by atoms with Crippen molar-refractivity contribution in [3.05, 3.63) is 64.7 Å². The Hall–Kier alpha value is -2.06. The Morgan fingerprint density at radius 3 is 2.46 bits per heavy atom. The fourth-order valence-corrected chi connectivity index (χ4v) is 4.10. The van der Waals surface area contributed by atoms with Crippen molar-refractivity contribution in [1.29, 1.82) is 0 Å². The molecule has 2 aromatic carbocycles. The molecule has 0 saturated carbocycles. The van der Waals surface area contributed by atoms with E-state index >= 15 is 0 Å². The molecule has 0 amide bonds. The first-order valence-electron chi connectivity index (χ1n) is 8.97. The zero-order valence-electron chi connectivity index (χ0n) is 15.6. The molecule has 3 rings (SSSR count). The minimum atomic E-state index is -4.48. The number of rotatable bonds is 6. The Morgan fingerprint density at radius 1 is 1.11 bits per heavy atom. The molecule has 0 saturated heterocycles. The molecule has 0 fully saturated rings. The molecule has 0 aliphatic heterocycles. The van der Waals surface area contributed by atoms with E-state index in [0.717, 1.165) is 22.8 Å². The highest BCUT2D eigenvalue weighted by Crippen LogP contribution is 2.36. The number of alkyl halides is 3. The van der Waals surface area contributed by atoms with Gasteiger partial charge in [0.25, 0.3) is 0 Å². The van der Waals surface area contributed by atoms with Crippen molar-refractivity contribution in [2.75, 3.05) is 0 Å². The highest BCUT2D eigenvalue weighted by molar-refractivity contribution is 7.90. The van der Waals surface area contributed by atoms with Crippen LogP contribution in [0.2, 0.25) is 0 Å². The summed E-state index contributed by atoms with van der Waals surface area (Å²) in [6.07, 6.45) is -3.33. The van der Waals surface area contributed by atoms with E-state index in [0.29, 0.717) is 12.8 Å². The van der Waals surface area contributed by atoms with Crippen molar-refractivity contribution in [2.24, 2.45) is 0 Å². The number of hydrogen-bond donors (Lipinski definition) is 1. The van der Waals surface area contributed by atoms with E-state index in [1.807, 2.05) is 12.1 Å². The monoisotopic (exact) mass is 413 g/mol. The minimum absolute atomic E-state index is 0.00274. The molecule has 152 valence electrons. The molecule has 0 aromatic heterocycles. The lowest BCUT2D eigenvalue weighted by atomic mass is 10.1. The van der Waals surface area contributed by atoms with Crippen LogP contribution in [0.3, 0.4) is 0 Å². The van der Waals surface area contributed by atoms with Gasteiger partial charge in [-0.3, -0.25) is 0 Å². The van der Waals surface area contributed by atoms with Crippen LogP contribution < -0.4 is 9.46 Å². The molecule has 1 N–H and O–H groups in total. The summed E-state index contributed by atoms with van der Waals surface area (Å²) in [6.45, 7) is 3.25. The molecule has 2 aromatic rings. The predicted octanol–water partition coefficient (Wildman–Crippen LogP) is 4.08. The number of halogens is 3. The third-order valence-electron chi connectivity index (χ3n) is 4.74. The van der Waals surface area contributed by atoms with Crippen LogP contribution in [0.1, 0.15) is 36.1 Å². The molecule has 28 heavy (non-hydrogen) atoms. The Morgan fingerprint density at radius 2 is 1.79 bits per heavy atom. The molecule has 4 nitrogen and oxygen atoms in total. The SMILES string of the molecule is CC(C)S(=O)(=O)N[C@H]1Cc2ccc(COc3ccccc3C(F)(F)F)cc2C1. The average molecular weight is 413 g/mol. The van der Waals surface area contributed by atoms with E-state index < -0.39 is 27.0 Å². The van der Waals surface area contributed by atoms with Gasteiger partial charge in [0.1, 0.15) is 12.4 Å². The summed E-state index contributed by atoms with van der Waals surface area (Å²) in [5.41, 5.74) is 1.96. The second kappa shape index (κ2) is 7.75. The smallest absolute Gasteiger partial charge is 0.419 e. The van der Waals surface area contributed by atoms with Gasteiger partial charge in [-0.15, -0.1) is 0 Å². The van der Waals surface area contributed by atoms with E-state index in [-0.39, 0.29) is 18.4 Å². The standard InChI is InChI=1S/C20H22F3NO3S/c1-13(2)28(25,26)24-17-10-15-8-7-14(9-16(15)11-17)12-27-19-6-4-3-5-18(19)20(21,22)23/h3-9,13,17,24H,10-12H2,1-2H3/t17-/m0/s1. The molecule has 0 spiro atoms. The first kappa shape index (κ1) is 20.7. The number of hydrogen-bond acceptors (Lipinski definition) is 3. The summed E-state index contributed by atoms with van der Waals surface area (Å²) in [6, 6.07) is 10.5. The first-order valence-corrected chi connectivity index (χ1v) is 10.5. The van der Waals surface area contributed by atoms with Crippen LogP contribution in [0.4, 0.5) is 13.2 Å². The topological polar surface area (TPSA) is 55.4 Å². The normalized spacial score (nSPS) is 17.0. The van der Waals surface area contributed by atoms with Gasteiger partial charge in [-0.05, 0) is 55.5 Å². The number of nitrogens with one attached hydrogen (secondary N) is 1. The van der Waals surface area contributed by atoms with Crippen molar-refractivity contribution < 1.29 is 26.3 Å². The van der Waals surface area contributed by atoms with Gasteiger partial charge < -0.3 is 4.74 Å². The van der Waals surface area contributed by atoms with Crippen molar-refractivity contribution in [3.63, 3.8) is 0 Å². The molecular weight excluding hydrogens is 391 g/mol. The molecule has 0 unspecified atom stereocenters. The molecule has 8 heteroatoms. The van der Waals surface area contributed by atoms with Crippen LogP contribution in [-0.2, 0) is 35.6 Å². The number of ether oxygens (including phenoxy) is 1. The molecule has 1 aliphatic rings. The quantitative estimate of drug-likeness (QED) is 0.777. The predicted molar refractivity (Wildman–Crippen MR) is 101 cm³/mol. The summed E-state index contributed by atoms with van der Waals surface area (Å²) < 4.78 is 71.4. The summed E-state index contributed by atoms with van der Waals surface area (Å²) in [4.78, 5) is 0. The maximum Gasteiger partial charge on any atom is 0.419 e. The third kappa shape index (κ3) is 4.67. The summed E-state index contributed by atoms with van der Waals surface area (Å²) in [7, 11) is -3.36. The van der Waals surface area contributed by atoms with Crippen LogP contribution in [0.5, 0.6) is 5.75 Å². The maximum absolute atomic E-state index is 13.1. The van der Waals surface area contributed by atoms with Crippen LogP contribution in [0.25, 0.3) is 0 Å². The molecule has 1 atom stereocenters. The van der Waals surface area contributed by atoms with E-state index in [1.165, 1.54) is 18.2 Å². The van der Waals surface area contributed by atoms with Crippen LogP contribution in [-0.4, -0.2) is 19.7 Å². The van der Waals surface area contributed by atoms with Crippen molar-refractivity contribution >= 4 is 10.0 Å². The highest BCUT2D eigenvalue weighted by atomic mass is 32.2. The van der Waals surface area contributed by atoms with E-state index in [1.54, 1.807) is 19.9 Å². The largest absolute Gasteiger partial charge is 0.488 e. The van der Waals surface area contributed by atoms with Crippen molar-refractivity contribution in [2.45, 2.75) is 50.8 Å². The van der Waals surface area contributed by atoms with Gasteiger partial charge >= 0.3 is 6.18 Å². The zero-order valence-corrected chi connectivity index (χ0v) is 16.4. The minimum Gasteiger partial charge on any atom is -0.488 e. The fraction of sp³-hybridized carbons (Fsp3) is 0.400. The lowest BCUT2D eigenvalue weighted by molar-refractivity contribution is -0.139. The lowest BCUT2D eigenvalue weighted by Crippen LogP contribution is -2.39. The van der Waals surface area contributed by atoms with E-state index in [2.05, 4.69) is 4.72 Å². The lowest BCUT2D eigenvalue weighted by Gasteiger charge is -2.14. The van der Waals surface area contributed by atoms with Crippen molar-refractivity contribution in [1.82, 2.24) is 4.72 Å². The van der Waals surface area contributed by atoms with Gasteiger partial charge in [-0.2, -0.15) is 13.2 Å². The number of para-hydroxylation sites is 1. The maximum atomic E-state index is 13.1. The molecule has 1 aliphatic carbocycles. The van der Waals surface area contributed by atoms with Gasteiger partial charge in [0, 0.05) is 6.04 Å². The molecule has 0 heterocycles. The Bertz CT molecular complexity index is 955. The van der Waals surface area contributed by atoms with Crippen molar-refractivity contribution in [3.8, 4) is 5.75 Å². The van der Waals surface area contributed by atoms with Gasteiger partial charge in [0.2, 0.25) is 10.0 Å². The van der Waals surface area contributed by atoms with Gasteiger partial charge in [0.15, 0.2) is 0 Å². The fourth-order valence-electron chi connectivity index (χ4n) is 3.20. The second-order valence-corrected chi connectivity index (χ2v) is 9.47. The third-order valence-corrected chi connectivity index (χ3v) is 6.64. The van der Waals surface area contributed by atoms with E-state index in [9.17, 15) is 21.6 Å². The first-order chi connectivity index (χ1) is 13.1. The molecule has 0 bridgehead atoms. The van der Waals surface area contributed by atoms with Gasteiger partial charge in [-0.25, -0.2) is 13.1 Å². The van der Waals surface area contributed by atoms with E-state index in [4.69, 9.17) is 4.74 Å². The number of sulfonamides is 1. The summed E-state index contributed by atoms with van der Waals surface area (Å²) in [5, 5.41) is -0.506. The van der Waals surface area contributed by atoms with Gasteiger partial charge in [-0.1, -0.05) is 30.3 Å². The molecular formula is C20H22F3NO3S. The Kier molecular flexibility index (Phi) is 5.72. The summed E-state index contributed by atoms with van der Waals surface area (Å²) >= 11 is 0. The van der Waals surface area contributed by atoms with Crippen LogP contribution in [0.15, 0.2) is 42.5 Å². The summed E-state index contributed by atoms with van der Waals surface area (Å²) in [5.74, 6) is -0.210. The zero-order chi connectivity index (χ0) is 20.5. The molecule has 0 radical (unpaired) electrons. The Balaban J connectivity index is 1.68. The highest BCUT2D eigenvalue weighted by Gasteiger charge is 2.34. The average Bonchev–Trinajstić information content (AvgIpc) is 3.00. The Labute approximate surface area is 162 Å².